The summed E-state index contributed by atoms with van der Waals surface area (Å²) < 4.78 is 5.14. The van der Waals surface area contributed by atoms with Gasteiger partial charge in [-0.15, -0.1) is 0 Å². The highest BCUT2D eigenvalue weighted by Gasteiger charge is 2.15. The molecule has 1 heterocycles. The van der Waals surface area contributed by atoms with Crippen molar-refractivity contribution in [2.45, 2.75) is 32.9 Å². The molecule has 1 aromatic heterocycles. The van der Waals surface area contributed by atoms with Crippen molar-refractivity contribution in [2.24, 2.45) is 0 Å². The molecule has 0 N–H and O–H groups in total. The van der Waals surface area contributed by atoms with Crippen LogP contribution >= 0.6 is 23.2 Å². The highest BCUT2D eigenvalue weighted by Crippen LogP contribution is 2.19. The van der Waals surface area contributed by atoms with Crippen LogP contribution in [0.25, 0.3) is 0 Å². The summed E-state index contributed by atoms with van der Waals surface area (Å²) in [7, 11) is 1.71. The van der Waals surface area contributed by atoms with Crippen LogP contribution in [0.15, 0.2) is 12.1 Å². The van der Waals surface area contributed by atoms with Crippen LogP contribution in [0.3, 0.4) is 0 Å². The van der Waals surface area contributed by atoms with Crippen LogP contribution in [-0.4, -0.2) is 36.2 Å². The standard InChI is InChI=1S/C13H20Cl2N2O/c1-4-10(2)17(7-8-18-3)9-12-11(14)5-6-13(15)16-12/h5-6,10H,4,7-9H2,1-3H3. The number of hydrogen-bond donors (Lipinski definition) is 0. The van der Waals surface area contributed by atoms with E-state index < -0.39 is 0 Å². The molecule has 0 spiro atoms. The van der Waals surface area contributed by atoms with Gasteiger partial charge in [0.1, 0.15) is 5.15 Å². The smallest absolute Gasteiger partial charge is 0.129 e. The van der Waals surface area contributed by atoms with E-state index in [-0.39, 0.29) is 0 Å². The van der Waals surface area contributed by atoms with Gasteiger partial charge >= 0.3 is 0 Å². The summed E-state index contributed by atoms with van der Waals surface area (Å²) in [5, 5.41) is 1.13. The number of aromatic nitrogens is 1. The summed E-state index contributed by atoms with van der Waals surface area (Å²) in [5.74, 6) is 0. The first-order valence-electron chi connectivity index (χ1n) is 6.12. The van der Waals surface area contributed by atoms with Crippen LogP contribution in [0.4, 0.5) is 0 Å². The lowest BCUT2D eigenvalue weighted by atomic mass is 10.2. The molecule has 3 nitrogen and oxygen atoms in total. The van der Waals surface area contributed by atoms with Gasteiger partial charge in [0.05, 0.1) is 17.3 Å². The fraction of sp³-hybridized carbons (Fsp3) is 0.615. The second-order valence-corrected chi connectivity index (χ2v) is 5.08. The molecular formula is C13H20Cl2N2O. The second kappa shape index (κ2) is 7.95. The number of pyridine rings is 1. The topological polar surface area (TPSA) is 25.4 Å². The summed E-state index contributed by atoms with van der Waals surface area (Å²) in [4.78, 5) is 6.59. The van der Waals surface area contributed by atoms with Gasteiger partial charge in [0.25, 0.3) is 0 Å². The average molecular weight is 291 g/mol. The van der Waals surface area contributed by atoms with Crippen molar-refractivity contribution in [1.82, 2.24) is 9.88 Å². The van der Waals surface area contributed by atoms with Gasteiger partial charge < -0.3 is 4.74 Å². The number of methoxy groups -OCH3 is 1. The van der Waals surface area contributed by atoms with Crippen LogP contribution in [-0.2, 0) is 11.3 Å². The second-order valence-electron chi connectivity index (χ2n) is 4.28. The number of nitrogens with zero attached hydrogens (tertiary/aromatic N) is 2. The van der Waals surface area contributed by atoms with Crippen molar-refractivity contribution in [2.75, 3.05) is 20.3 Å². The molecule has 0 amide bonds. The summed E-state index contributed by atoms with van der Waals surface area (Å²) in [5.41, 5.74) is 0.820. The van der Waals surface area contributed by atoms with Gasteiger partial charge in [-0.3, -0.25) is 4.90 Å². The van der Waals surface area contributed by atoms with Crippen LogP contribution in [0.1, 0.15) is 26.0 Å². The lowest BCUT2D eigenvalue weighted by molar-refractivity contribution is 0.117. The summed E-state index contributed by atoms with van der Waals surface area (Å²) in [6, 6.07) is 3.95. The van der Waals surface area contributed by atoms with Crippen LogP contribution in [0.5, 0.6) is 0 Å². The van der Waals surface area contributed by atoms with Crippen LogP contribution < -0.4 is 0 Å². The molecule has 0 aliphatic heterocycles. The lowest BCUT2D eigenvalue weighted by Crippen LogP contribution is -2.35. The maximum absolute atomic E-state index is 6.14. The first-order chi connectivity index (χ1) is 8.58. The molecule has 0 aromatic carbocycles. The van der Waals surface area contributed by atoms with E-state index in [0.29, 0.717) is 29.4 Å². The summed E-state index contributed by atoms with van der Waals surface area (Å²) >= 11 is 12.0. The maximum Gasteiger partial charge on any atom is 0.129 e. The first kappa shape index (κ1) is 15.7. The first-order valence-corrected chi connectivity index (χ1v) is 6.88. The quantitative estimate of drug-likeness (QED) is 0.717. The Bertz CT molecular complexity index is 374. The third-order valence-electron chi connectivity index (χ3n) is 3.03. The molecule has 102 valence electrons. The number of ether oxygens (including phenoxy) is 1. The Hall–Kier alpha value is -0.350. The zero-order chi connectivity index (χ0) is 13.5. The van der Waals surface area contributed by atoms with Crippen LogP contribution in [0.2, 0.25) is 10.2 Å². The Morgan fingerprint density at radius 1 is 1.39 bits per heavy atom. The van der Waals surface area contributed by atoms with Crippen molar-refractivity contribution in [3.63, 3.8) is 0 Å². The zero-order valence-electron chi connectivity index (χ0n) is 11.1. The number of halogens is 2. The molecule has 1 atom stereocenters. The fourth-order valence-corrected chi connectivity index (χ4v) is 2.01. The van der Waals surface area contributed by atoms with E-state index in [1.54, 1.807) is 19.2 Å². The van der Waals surface area contributed by atoms with Crippen molar-refractivity contribution < 1.29 is 4.74 Å². The van der Waals surface area contributed by atoms with Crippen molar-refractivity contribution in [3.05, 3.63) is 28.0 Å². The minimum atomic E-state index is 0.456. The molecule has 0 fully saturated rings. The van der Waals surface area contributed by atoms with Gasteiger partial charge in [-0.2, -0.15) is 0 Å². The highest BCUT2D eigenvalue weighted by atomic mass is 35.5. The van der Waals surface area contributed by atoms with Gasteiger partial charge in [-0.05, 0) is 25.5 Å². The van der Waals surface area contributed by atoms with E-state index in [1.807, 2.05) is 0 Å². The average Bonchev–Trinajstić information content (AvgIpc) is 2.37. The molecule has 5 heteroatoms. The molecule has 1 rings (SSSR count). The molecule has 0 saturated carbocycles. The molecule has 0 aliphatic carbocycles. The third kappa shape index (κ3) is 4.73. The molecule has 0 aliphatic rings. The molecule has 1 unspecified atom stereocenters. The number of rotatable bonds is 7. The van der Waals surface area contributed by atoms with E-state index in [9.17, 15) is 0 Å². The molecule has 1 aromatic rings. The minimum Gasteiger partial charge on any atom is -0.383 e. The van der Waals surface area contributed by atoms with E-state index in [2.05, 4.69) is 23.7 Å². The maximum atomic E-state index is 6.14. The lowest BCUT2D eigenvalue weighted by Gasteiger charge is -2.28. The van der Waals surface area contributed by atoms with Crippen molar-refractivity contribution in [3.8, 4) is 0 Å². The van der Waals surface area contributed by atoms with Gasteiger partial charge in [0.2, 0.25) is 0 Å². The van der Waals surface area contributed by atoms with Crippen molar-refractivity contribution in [1.29, 1.82) is 0 Å². The van der Waals surface area contributed by atoms with Crippen LogP contribution in [0, 0.1) is 0 Å². The van der Waals surface area contributed by atoms with E-state index >= 15 is 0 Å². The monoisotopic (exact) mass is 290 g/mol. The molecule has 0 bridgehead atoms. The minimum absolute atomic E-state index is 0.456. The molecule has 0 saturated heterocycles. The SMILES string of the molecule is CCC(C)N(CCOC)Cc1nc(Cl)ccc1Cl. The highest BCUT2D eigenvalue weighted by molar-refractivity contribution is 6.32. The van der Waals surface area contributed by atoms with E-state index in [0.717, 1.165) is 18.7 Å². The summed E-state index contributed by atoms with van der Waals surface area (Å²) in [6.45, 7) is 6.60. The Balaban J connectivity index is 2.77. The molecular weight excluding hydrogens is 271 g/mol. The Morgan fingerprint density at radius 2 is 2.11 bits per heavy atom. The van der Waals surface area contributed by atoms with Gasteiger partial charge in [-0.1, -0.05) is 30.1 Å². The normalized spacial score (nSPS) is 13.0. The van der Waals surface area contributed by atoms with E-state index in [4.69, 9.17) is 27.9 Å². The molecule has 18 heavy (non-hydrogen) atoms. The Kier molecular flexibility index (Phi) is 6.94. The Morgan fingerprint density at radius 3 is 2.72 bits per heavy atom. The third-order valence-corrected chi connectivity index (χ3v) is 3.59. The Labute approximate surface area is 119 Å². The molecule has 0 radical (unpaired) electrons. The van der Waals surface area contributed by atoms with Gasteiger partial charge in [0, 0.05) is 26.2 Å². The summed E-state index contributed by atoms with van der Waals surface area (Å²) in [6.07, 6.45) is 1.07. The fourth-order valence-electron chi connectivity index (χ4n) is 1.68. The zero-order valence-corrected chi connectivity index (χ0v) is 12.6. The predicted octanol–water partition coefficient (Wildman–Crippen LogP) is 3.64. The largest absolute Gasteiger partial charge is 0.383 e. The van der Waals surface area contributed by atoms with Gasteiger partial charge in [-0.25, -0.2) is 4.98 Å². The van der Waals surface area contributed by atoms with Gasteiger partial charge in [0.15, 0.2) is 0 Å². The predicted molar refractivity (Wildman–Crippen MR) is 76.3 cm³/mol. The van der Waals surface area contributed by atoms with E-state index in [1.165, 1.54) is 0 Å². The number of hydrogen-bond acceptors (Lipinski definition) is 3. The van der Waals surface area contributed by atoms with Crippen molar-refractivity contribution >= 4 is 23.2 Å².